The van der Waals surface area contributed by atoms with E-state index in [0.717, 1.165) is 53.5 Å². The third-order valence-electron chi connectivity index (χ3n) is 7.48. The van der Waals surface area contributed by atoms with Crippen molar-refractivity contribution in [3.8, 4) is 0 Å². The molecule has 7 heteroatoms. The third-order valence-corrected chi connectivity index (χ3v) is 7.48. The van der Waals surface area contributed by atoms with Gasteiger partial charge in [-0.2, -0.15) is 0 Å². The molecule has 4 aromatic rings. The number of tetrazole rings is 1. The van der Waals surface area contributed by atoms with E-state index in [0.29, 0.717) is 19.1 Å². The smallest absolute Gasteiger partial charge is 0.252 e. The van der Waals surface area contributed by atoms with Gasteiger partial charge in [0.2, 0.25) is 0 Å². The Bertz CT molecular complexity index is 1370. The van der Waals surface area contributed by atoms with Crippen molar-refractivity contribution in [1.82, 2.24) is 30.1 Å². The number of fused-ring (bicyclic) bond motifs is 1. The summed E-state index contributed by atoms with van der Waals surface area (Å²) in [4.78, 5) is 18.8. The number of rotatable bonds is 9. The van der Waals surface area contributed by atoms with Gasteiger partial charge in [-0.1, -0.05) is 62.6 Å². The molecule has 0 amide bonds. The van der Waals surface area contributed by atoms with Crippen molar-refractivity contribution in [3.63, 3.8) is 0 Å². The van der Waals surface area contributed by atoms with E-state index in [-0.39, 0.29) is 11.6 Å². The first kappa shape index (κ1) is 24.4. The summed E-state index contributed by atoms with van der Waals surface area (Å²) < 4.78 is 2.07. The van der Waals surface area contributed by atoms with Gasteiger partial charge in [0.1, 0.15) is 0 Å². The number of hydrogen-bond donors (Lipinski definition) is 1. The SMILES string of the molecule is CCCC(c1nnnn1C1CCCC1)N(Cc1ccccc1)Cc1cc2c(C)cc(C)cc2[nH]c1=O. The molecule has 0 radical (unpaired) electrons. The number of aromatic nitrogens is 5. The molecule has 2 aromatic heterocycles. The Morgan fingerprint density at radius 1 is 1.08 bits per heavy atom. The molecule has 0 saturated heterocycles. The van der Waals surface area contributed by atoms with E-state index in [4.69, 9.17) is 0 Å². The van der Waals surface area contributed by atoms with Gasteiger partial charge in [-0.3, -0.25) is 9.69 Å². The summed E-state index contributed by atoms with van der Waals surface area (Å²) in [7, 11) is 0. The zero-order chi connectivity index (χ0) is 25.1. The molecule has 7 nitrogen and oxygen atoms in total. The van der Waals surface area contributed by atoms with Crippen molar-refractivity contribution in [2.75, 3.05) is 0 Å². The van der Waals surface area contributed by atoms with E-state index >= 15 is 0 Å². The molecular formula is C29H36N6O. The molecule has 1 unspecified atom stereocenters. The molecule has 0 spiro atoms. The van der Waals surface area contributed by atoms with Crippen molar-refractivity contribution in [1.29, 1.82) is 0 Å². The second kappa shape index (κ2) is 10.7. The Balaban J connectivity index is 1.56. The number of benzene rings is 2. The fraction of sp³-hybridized carbons (Fsp3) is 0.448. The number of nitrogens with zero attached hydrogens (tertiary/aromatic N) is 5. The van der Waals surface area contributed by atoms with E-state index in [2.05, 4.69) is 87.3 Å². The highest BCUT2D eigenvalue weighted by atomic mass is 16.1. The van der Waals surface area contributed by atoms with E-state index in [1.165, 1.54) is 24.0 Å². The lowest BCUT2D eigenvalue weighted by atomic mass is 10.0. The second-order valence-corrected chi connectivity index (χ2v) is 10.3. The van der Waals surface area contributed by atoms with Gasteiger partial charge in [0.05, 0.1) is 12.1 Å². The van der Waals surface area contributed by atoms with Crippen LogP contribution in [0.2, 0.25) is 0 Å². The lowest BCUT2D eigenvalue weighted by Crippen LogP contribution is -2.33. The number of pyridine rings is 1. The molecule has 1 atom stereocenters. The molecule has 188 valence electrons. The van der Waals surface area contributed by atoms with Gasteiger partial charge in [-0.15, -0.1) is 5.10 Å². The molecular weight excluding hydrogens is 448 g/mol. The predicted molar refractivity (Wildman–Crippen MR) is 143 cm³/mol. The lowest BCUT2D eigenvalue weighted by molar-refractivity contribution is 0.153. The maximum Gasteiger partial charge on any atom is 0.252 e. The van der Waals surface area contributed by atoms with Gasteiger partial charge < -0.3 is 4.98 Å². The van der Waals surface area contributed by atoms with Crippen LogP contribution in [0.5, 0.6) is 0 Å². The summed E-state index contributed by atoms with van der Waals surface area (Å²) in [6.07, 6.45) is 6.61. The maximum absolute atomic E-state index is 13.3. The predicted octanol–water partition coefficient (Wildman–Crippen LogP) is 5.79. The maximum atomic E-state index is 13.3. The number of aromatic amines is 1. The van der Waals surface area contributed by atoms with E-state index in [1.54, 1.807) is 0 Å². The van der Waals surface area contributed by atoms with Crippen LogP contribution < -0.4 is 5.56 Å². The fourth-order valence-corrected chi connectivity index (χ4v) is 5.72. The van der Waals surface area contributed by atoms with Crippen molar-refractivity contribution >= 4 is 10.9 Å². The lowest BCUT2D eigenvalue weighted by Gasteiger charge is -2.31. The Kier molecular flexibility index (Phi) is 7.28. The van der Waals surface area contributed by atoms with Crippen molar-refractivity contribution in [2.24, 2.45) is 0 Å². The van der Waals surface area contributed by atoms with E-state index in [9.17, 15) is 4.79 Å². The van der Waals surface area contributed by atoms with Gasteiger partial charge in [0.15, 0.2) is 5.82 Å². The zero-order valence-corrected chi connectivity index (χ0v) is 21.6. The number of aryl methyl sites for hydroxylation is 2. The largest absolute Gasteiger partial charge is 0.322 e. The molecule has 1 aliphatic carbocycles. The molecule has 2 heterocycles. The van der Waals surface area contributed by atoms with Gasteiger partial charge in [0, 0.05) is 29.6 Å². The molecule has 1 N–H and O–H groups in total. The standard InChI is InChI=1S/C29H36N6O/c1-4-10-27(28-31-32-33-35(28)24-13-8-9-14-24)34(18-22-11-6-5-7-12-22)19-23-17-25-21(3)15-20(2)16-26(25)30-29(23)36/h5-7,11-12,15-17,24,27H,4,8-10,13-14,18-19H2,1-3H3,(H,30,36). The van der Waals surface area contributed by atoms with Crippen molar-refractivity contribution in [3.05, 3.63) is 87.0 Å². The fourth-order valence-electron chi connectivity index (χ4n) is 5.72. The number of H-pyrrole nitrogens is 1. The Morgan fingerprint density at radius 3 is 2.61 bits per heavy atom. The molecule has 1 aliphatic rings. The summed E-state index contributed by atoms with van der Waals surface area (Å²) in [6, 6.07) is 17.1. The quantitative estimate of drug-likeness (QED) is 0.325. The van der Waals surface area contributed by atoms with Gasteiger partial charge >= 0.3 is 0 Å². The average Bonchev–Trinajstić information content (AvgIpc) is 3.56. The molecule has 1 saturated carbocycles. The molecule has 36 heavy (non-hydrogen) atoms. The molecule has 1 fully saturated rings. The van der Waals surface area contributed by atoms with Crippen molar-refractivity contribution < 1.29 is 0 Å². The van der Waals surface area contributed by atoms with Crippen molar-refractivity contribution in [2.45, 2.75) is 84.5 Å². The van der Waals surface area contributed by atoms with Crippen LogP contribution in [-0.2, 0) is 13.1 Å². The Hall–Kier alpha value is -3.32. The highest BCUT2D eigenvalue weighted by Gasteiger charge is 2.30. The summed E-state index contributed by atoms with van der Waals surface area (Å²) in [5.41, 5.74) is 5.17. The third kappa shape index (κ3) is 5.12. The normalized spacial score (nSPS) is 15.2. The van der Waals surface area contributed by atoms with Crippen LogP contribution in [-0.4, -0.2) is 30.1 Å². The van der Waals surface area contributed by atoms with Crippen LogP contribution >= 0.6 is 0 Å². The summed E-state index contributed by atoms with van der Waals surface area (Å²) >= 11 is 0. The van der Waals surface area contributed by atoms with Crippen LogP contribution in [0.25, 0.3) is 10.9 Å². The van der Waals surface area contributed by atoms with Crippen LogP contribution in [0.1, 0.15) is 85.6 Å². The monoisotopic (exact) mass is 484 g/mol. The van der Waals surface area contributed by atoms with Crippen LogP contribution in [0.4, 0.5) is 0 Å². The minimum atomic E-state index is -0.0313. The first-order valence-electron chi connectivity index (χ1n) is 13.2. The van der Waals surface area contributed by atoms with E-state index in [1.807, 2.05) is 12.1 Å². The van der Waals surface area contributed by atoms with Gasteiger partial charge in [-0.25, -0.2) is 4.68 Å². The topological polar surface area (TPSA) is 79.7 Å². The average molecular weight is 485 g/mol. The first-order valence-corrected chi connectivity index (χ1v) is 13.2. The summed E-state index contributed by atoms with van der Waals surface area (Å²) in [5.74, 6) is 0.920. The summed E-state index contributed by atoms with van der Waals surface area (Å²) in [6.45, 7) is 7.61. The molecule has 0 aliphatic heterocycles. The minimum Gasteiger partial charge on any atom is -0.322 e. The highest BCUT2D eigenvalue weighted by molar-refractivity contribution is 5.83. The van der Waals surface area contributed by atoms with Crippen LogP contribution in [0.15, 0.2) is 53.3 Å². The minimum absolute atomic E-state index is 0.0139. The summed E-state index contributed by atoms with van der Waals surface area (Å²) in [5, 5.41) is 14.2. The molecule has 2 aromatic carbocycles. The van der Waals surface area contributed by atoms with Crippen LogP contribution in [0, 0.1) is 13.8 Å². The van der Waals surface area contributed by atoms with Crippen LogP contribution in [0.3, 0.4) is 0 Å². The molecule has 0 bridgehead atoms. The Morgan fingerprint density at radius 2 is 1.86 bits per heavy atom. The Labute approximate surface area is 212 Å². The number of nitrogens with one attached hydrogen (secondary N) is 1. The highest BCUT2D eigenvalue weighted by Crippen LogP contribution is 2.34. The van der Waals surface area contributed by atoms with E-state index < -0.39 is 0 Å². The van der Waals surface area contributed by atoms with Gasteiger partial charge in [0.25, 0.3) is 5.56 Å². The number of hydrogen-bond acceptors (Lipinski definition) is 5. The zero-order valence-electron chi connectivity index (χ0n) is 21.6. The second-order valence-electron chi connectivity index (χ2n) is 10.3. The first-order chi connectivity index (χ1) is 17.5. The molecule has 5 rings (SSSR count). The van der Waals surface area contributed by atoms with Gasteiger partial charge in [-0.05, 0) is 72.4 Å².